The average molecular weight is 259 g/mol. The van der Waals surface area contributed by atoms with Crippen molar-refractivity contribution in [3.8, 4) is 5.75 Å². The molecule has 0 heterocycles. The summed E-state index contributed by atoms with van der Waals surface area (Å²) in [5.41, 5.74) is 0.244. The summed E-state index contributed by atoms with van der Waals surface area (Å²) in [5, 5.41) is 17.9. The van der Waals surface area contributed by atoms with E-state index in [1.54, 1.807) is 13.0 Å². The molecule has 0 aromatic heterocycles. The molecule has 0 bridgehead atoms. The van der Waals surface area contributed by atoms with Gasteiger partial charge in [0.2, 0.25) is 0 Å². The van der Waals surface area contributed by atoms with Crippen molar-refractivity contribution in [3.05, 3.63) is 27.7 Å². The van der Waals surface area contributed by atoms with Gasteiger partial charge in [0.15, 0.2) is 0 Å². The van der Waals surface area contributed by atoms with E-state index in [0.717, 1.165) is 0 Å². The van der Waals surface area contributed by atoms with E-state index in [-0.39, 0.29) is 11.3 Å². The predicted molar refractivity (Wildman–Crippen MR) is 52.5 cm³/mol. The number of carbonyl (C=O) groups is 2. The Kier molecular flexibility index (Phi) is 2.90. The lowest BCUT2D eigenvalue weighted by Crippen LogP contribution is -2.13. The minimum atomic E-state index is -1.59. The van der Waals surface area contributed by atoms with Crippen molar-refractivity contribution in [2.24, 2.45) is 0 Å². The Labute approximate surface area is 88.3 Å². The lowest BCUT2D eigenvalue weighted by atomic mass is 10.1. The van der Waals surface area contributed by atoms with Gasteiger partial charge in [0.25, 0.3) is 5.78 Å². The SMILES string of the molecule is Cc1cc(Br)cc(C(=O)C(=O)O)c1O. The van der Waals surface area contributed by atoms with Crippen molar-refractivity contribution in [3.63, 3.8) is 0 Å². The Morgan fingerprint density at radius 2 is 1.93 bits per heavy atom. The Balaban J connectivity index is 3.34. The molecule has 74 valence electrons. The largest absolute Gasteiger partial charge is 0.507 e. The number of Topliss-reactive ketones (excluding diaryl/α,β-unsaturated/α-hetero) is 1. The number of halogens is 1. The molecule has 0 unspecified atom stereocenters. The van der Waals surface area contributed by atoms with Gasteiger partial charge in [-0.25, -0.2) is 4.79 Å². The van der Waals surface area contributed by atoms with Crippen molar-refractivity contribution in [1.82, 2.24) is 0 Å². The number of benzene rings is 1. The van der Waals surface area contributed by atoms with E-state index in [1.165, 1.54) is 6.07 Å². The van der Waals surface area contributed by atoms with Crippen LogP contribution >= 0.6 is 15.9 Å². The molecule has 0 aliphatic heterocycles. The van der Waals surface area contributed by atoms with Gasteiger partial charge in [-0.2, -0.15) is 0 Å². The molecule has 0 saturated heterocycles. The fourth-order valence-electron chi connectivity index (χ4n) is 1.02. The van der Waals surface area contributed by atoms with E-state index < -0.39 is 11.8 Å². The molecular formula is C9H7BrO4. The molecule has 1 rings (SSSR count). The highest BCUT2D eigenvalue weighted by Gasteiger charge is 2.20. The maximum atomic E-state index is 11.1. The first kappa shape index (κ1) is 10.7. The number of hydrogen-bond donors (Lipinski definition) is 2. The van der Waals surface area contributed by atoms with Crippen molar-refractivity contribution in [2.75, 3.05) is 0 Å². The summed E-state index contributed by atoms with van der Waals surface area (Å²) in [4.78, 5) is 21.5. The highest BCUT2D eigenvalue weighted by molar-refractivity contribution is 9.10. The van der Waals surface area contributed by atoms with Crippen LogP contribution in [0, 0.1) is 6.92 Å². The normalized spacial score (nSPS) is 9.86. The number of phenolic OH excluding ortho intramolecular Hbond substituents is 1. The van der Waals surface area contributed by atoms with Gasteiger partial charge in [-0.05, 0) is 24.6 Å². The summed E-state index contributed by atoms with van der Waals surface area (Å²) in [6.45, 7) is 1.58. The molecule has 2 N–H and O–H groups in total. The third-order valence-electron chi connectivity index (χ3n) is 1.70. The second-order valence-corrected chi connectivity index (χ2v) is 3.67. The topological polar surface area (TPSA) is 74.6 Å². The molecule has 4 nitrogen and oxygen atoms in total. The van der Waals surface area contributed by atoms with Crippen LogP contribution in [0.5, 0.6) is 5.75 Å². The highest BCUT2D eigenvalue weighted by atomic mass is 79.9. The van der Waals surface area contributed by atoms with E-state index >= 15 is 0 Å². The zero-order valence-electron chi connectivity index (χ0n) is 7.24. The Bertz CT molecular complexity index is 412. The van der Waals surface area contributed by atoms with Gasteiger partial charge >= 0.3 is 5.97 Å². The van der Waals surface area contributed by atoms with Crippen LogP contribution in [0.25, 0.3) is 0 Å². The summed E-state index contributed by atoms with van der Waals surface area (Å²) >= 11 is 3.11. The molecule has 0 saturated carbocycles. The van der Waals surface area contributed by atoms with Gasteiger partial charge in [0, 0.05) is 4.47 Å². The summed E-state index contributed by atoms with van der Waals surface area (Å²) in [5.74, 6) is -3.00. The standard InChI is InChI=1S/C9H7BrO4/c1-4-2-5(10)3-6(7(4)11)8(12)9(13)14/h2-3,11H,1H3,(H,13,14). The molecule has 1 aromatic carbocycles. The van der Waals surface area contributed by atoms with E-state index in [1.807, 2.05) is 0 Å². The molecular weight excluding hydrogens is 252 g/mol. The van der Waals surface area contributed by atoms with Gasteiger partial charge in [0.05, 0.1) is 5.56 Å². The Morgan fingerprint density at radius 3 is 2.43 bits per heavy atom. The number of aliphatic carboxylic acids is 1. The first-order valence-corrected chi connectivity index (χ1v) is 4.49. The smallest absolute Gasteiger partial charge is 0.377 e. The summed E-state index contributed by atoms with van der Waals surface area (Å²) in [7, 11) is 0. The van der Waals surface area contributed by atoms with Crippen LogP contribution in [0.4, 0.5) is 0 Å². The quantitative estimate of drug-likeness (QED) is 0.626. The van der Waals surface area contributed by atoms with Gasteiger partial charge in [-0.3, -0.25) is 4.79 Å². The maximum absolute atomic E-state index is 11.1. The number of hydrogen-bond acceptors (Lipinski definition) is 3. The third-order valence-corrected chi connectivity index (χ3v) is 2.16. The lowest BCUT2D eigenvalue weighted by Gasteiger charge is -2.04. The minimum Gasteiger partial charge on any atom is -0.507 e. The van der Waals surface area contributed by atoms with E-state index in [4.69, 9.17) is 5.11 Å². The van der Waals surface area contributed by atoms with Gasteiger partial charge < -0.3 is 10.2 Å². The number of rotatable bonds is 2. The second-order valence-electron chi connectivity index (χ2n) is 2.75. The zero-order valence-corrected chi connectivity index (χ0v) is 8.83. The number of phenols is 1. The fraction of sp³-hybridized carbons (Fsp3) is 0.111. The van der Waals surface area contributed by atoms with Crippen LogP contribution in [0.1, 0.15) is 15.9 Å². The molecule has 0 amide bonds. The first-order valence-electron chi connectivity index (χ1n) is 3.70. The van der Waals surface area contributed by atoms with Crippen molar-refractivity contribution >= 4 is 27.7 Å². The molecule has 0 aliphatic rings. The van der Waals surface area contributed by atoms with Crippen LogP contribution in [0.15, 0.2) is 16.6 Å². The van der Waals surface area contributed by atoms with E-state index in [2.05, 4.69) is 15.9 Å². The molecule has 0 fully saturated rings. The number of ketones is 1. The molecule has 0 atom stereocenters. The highest BCUT2D eigenvalue weighted by Crippen LogP contribution is 2.26. The molecule has 0 aliphatic carbocycles. The summed E-state index contributed by atoms with van der Waals surface area (Å²) in [6.07, 6.45) is 0. The Hall–Kier alpha value is -1.36. The number of carboxylic acid groups (broad SMARTS) is 1. The monoisotopic (exact) mass is 258 g/mol. The van der Waals surface area contributed by atoms with Crippen molar-refractivity contribution < 1.29 is 19.8 Å². The van der Waals surface area contributed by atoms with Crippen molar-refractivity contribution in [2.45, 2.75) is 6.92 Å². The fourth-order valence-corrected chi connectivity index (χ4v) is 1.60. The van der Waals surface area contributed by atoms with E-state index in [0.29, 0.717) is 10.0 Å². The third kappa shape index (κ3) is 1.93. The number of carbonyl (C=O) groups excluding carboxylic acids is 1. The van der Waals surface area contributed by atoms with Crippen molar-refractivity contribution in [1.29, 1.82) is 0 Å². The van der Waals surface area contributed by atoms with Gasteiger partial charge in [0.1, 0.15) is 5.75 Å². The minimum absolute atomic E-state index is 0.204. The average Bonchev–Trinajstić information content (AvgIpc) is 2.09. The van der Waals surface area contributed by atoms with Gasteiger partial charge in [-0.15, -0.1) is 0 Å². The second kappa shape index (κ2) is 3.79. The Morgan fingerprint density at radius 1 is 1.36 bits per heavy atom. The summed E-state index contributed by atoms with van der Waals surface area (Å²) < 4.78 is 0.553. The molecule has 5 heteroatoms. The van der Waals surface area contributed by atoms with Crippen LogP contribution in [-0.2, 0) is 4.79 Å². The molecule has 14 heavy (non-hydrogen) atoms. The summed E-state index contributed by atoms with van der Waals surface area (Å²) in [6, 6.07) is 2.87. The lowest BCUT2D eigenvalue weighted by molar-refractivity contribution is -0.131. The van der Waals surface area contributed by atoms with Crippen LogP contribution in [0.2, 0.25) is 0 Å². The number of aromatic hydroxyl groups is 1. The molecule has 0 spiro atoms. The zero-order chi connectivity index (χ0) is 10.9. The van der Waals surface area contributed by atoms with Crippen LogP contribution in [0.3, 0.4) is 0 Å². The van der Waals surface area contributed by atoms with E-state index in [9.17, 15) is 14.7 Å². The number of carboxylic acids is 1. The molecule has 1 aromatic rings. The maximum Gasteiger partial charge on any atom is 0.377 e. The predicted octanol–water partition coefficient (Wildman–Crippen LogP) is 1.73. The first-order chi connectivity index (χ1) is 6.43. The van der Waals surface area contributed by atoms with Crippen LogP contribution in [-0.4, -0.2) is 22.0 Å². The van der Waals surface area contributed by atoms with Crippen LogP contribution < -0.4 is 0 Å². The van der Waals surface area contributed by atoms with Gasteiger partial charge in [-0.1, -0.05) is 15.9 Å². The number of aryl methyl sites for hydroxylation is 1. The molecule has 0 radical (unpaired) electrons.